The zero-order valence-corrected chi connectivity index (χ0v) is 8.17. The van der Waals surface area contributed by atoms with Gasteiger partial charge >= 0.3 is 18.9 Å². The van der Waals surface area contributed by atoms with Gasteiger partial charge in [0.25, 0.3) is 0 Å². The van der Waals surface area contributed by atoms with Crippen molar-refractivity contribution >= 4 is 0 Å². The number of hydrogen-bond acceptors (Lipinski definition) is 1. The molecular formula is C10H14LiN. The Morgan fingerprint density at radius 3 is 2.67 bits per heavy atom. The van der Waals surface area contributed by atoms with Gasteiger partial charge in [-0.3, -0.25) is 0 Å². The Labute approximate surface area is 86.9 Å². The molecule has 0 bridgehead atoms. The molecule has 1 aromatic carbocycles. The Hall–Kier alpha value is -0.223. The van der Waals surface area contributed by atoms with E-state index >= 15 is 0 Å². The molecule has 60 valence electrons. The molecule has 1 aromatic rings. The molecule has 0 radical (unpaired) electrons. The van der Waals surface area contributed by atoms with E-state index in [1.807, 2.05) is 12.1 Å². The van der Waals surface area contributed by atoms with E-state index in [2.05, 4.69) is 37.1 Å². The van der Waals surface area contributed by atoms with E-state index in [9.17, 15) is 0 Å². The second kappa shape index (κ2) is 6.31. The average molecular weight is 155 g/mol. The molecule has 1 nitrogen and oxygen atoms in total. The van der Waals surface area contributed by atoms with Crippen molar-refractivity contribution in [2.45, 2.75) is 13.5 Å². The van der Waals surface area contributed by atoms with Crippen LogP contribution in [-0.2, 0) is 6.54 Å². The predicted octanol–water partition coefficient (Wildman–Crippen LogP) is -1.06. The average Bonchev–Trinajstić information content (AvgIpc) is 2.06. The van der Waals surface area contributed by atoms with E-state index in [1.165, 1.54) is 5.56 Å². The SMILES string of the molecule is CCN(C)Cc1[c-]cccc1.[Li+]. The third kappa shape index (κ3) is 3.97. The summed E-state index contributed by atoms with van der Waals surface area (Å²) in [5.74, 6) is 0. The van der Waals surface area contributed by atoms with Crippen LogP contribution in [0.3, 0.4) is 0 Å². The van der Waals surface area contributed by atoms with Crippen molar-refractivity contribution in [2.75, 3.05) is 13.6 Å². The molecule has 0 N–H and O–H groups in total. The Morgan fingerprint density at radius 1 is 1.42 bits per heavy atom. The Kier molecular flexibility index (Phi) is 6.19. The summed E-state index contributed by atoms with van der Waals surface area (Å²) >= 11 is 0. The van der Waals surface area contributed by atoms with Crippen molar-refractivity contribution in [1.82, 2.24) is 4.90 Å². The van der Waals surface area contributed by atoms with Crippen LogP contribution in [0.25, 0.3) is 0 Å². The molecule has 12 heavy (non-hydrogen) atoms. The summed E-state index contributed by atoms with van der Waals surface area (Å²) in [6.07, 6.45) is 0. The fraction of sp³-hybridized carbons (Fsp3) is 0.400. The van der Waals surface area contributed by atoms with Crippen molar-refractivity contribution in [3.63, 3.8) is 0 Å². The van der Waals surface area contributed by atoms with Crippen LogP contribution >= 0.6 is 0 Å². The quantitative estimate of drug-likeness (QED) is 0.397. The van der Waals surface area contributed by atoms with Crippen LogP contribution in [0.1, 0.15) is 12.5 Å². The van der Waals surface area contributed by atoms with E-state index in [4.69, 9.17) is 0 Å². The minimum absolute atomic E-state index is 0. The molecule has 0 aliphatic rings. The smallest absolute Gasteiger partial charge is 0.304 e. The first-order chi connectivity index (χ1) is 5.33. The van der Waals surface area contributed by atoms with Crippen LogP contribution in [-0.4, -0.2) is 18.5 Å². The summed E-state index contributed by atoms with van der Waals surface area (Å²) in [6.45, 7) is 4.24. The second-order valence-corrected chi connectivity index (χ2v) is 2.72. The van der Waals surface area contributed by atoms with Crippen LogP contribution in [0.15, 0.2) is 24.3 Å². The van der Waals surface area contributed by atoms with E-state index in [0.29, 0.717) is 0 Å². The maximum Gasteiger partial charge on any atom is 1.00 e. The zero-order valence-electron chi connectivity index (χ0n) is 8.17. The monoisotopic (exact) mass is 155 g/mol. The first-order valence-corrected chi connectivity index (χ1v) is 3.97. The van der Waals surface area contributed by atoms with Gasteiger partial charge in [0, 0.05) is 6.54 Å². The number of benzene rings is 1. The third-order valence-corrected chi connectivity index (χ3v) is 1.75. The summed E-state index contributed by atoms with van der Waals surface area (Å²) in [5.41, 5.74) is 1.26. The van der Waals surface area contributed by atoms with Crippen LogP contribution in [0.4, 0.5) is 0 Å². The summed E-state index contributed by atoms with van der Waals surface area (Å²) in [4.78, 5) is 2.26. The molecule has 0 saturated heterocycles. The standard InChI is InChI=1S/C10H14N.Li/c1-3-11(2)9-10-7-5-4-6-8-10;/h4-7H,3,9H2,1-2H3;/q-1;+1. The molecule has 2 heteroatoms. The minimum atomic E-state index is 0. The Morgan fingerprint density at radius 2 is 2.17 bits per heavy atom. The second-order valence-electron chi connectivity index (χ2n) is 2.72. The van der Waals surface area contributed by atoms with Crippen LogP contribution in [0, 0.1) is 6.07 Å². The molecule has 0 aliphatic carbocycles. The van der Waals surface area contributed by atoms with Crippen LogP contribution < -0.4 is 18.9 Å². The van der Waals surface area contributed by atoms with Gasteiger partial charge in [-0.2, -0.15) is 30.3 Å². The van der Waals surface area contributed by atoms with Gasteiger partial charge in [-0.05, 0) is 13.6 Å². The molecule has 0 saturated carbocycles. The molecule has 0 aliphatic heterocycles. The topological polar surface area (TPSA) is 3.24 Å². The van der Waals surface area contributed by atoms with E-state index in [1.54, 1.807) is 0 Å². The van der Waals surface area contributed by atoms with Gasteiger partial charge in [0.05, 0.1) is 0 Å². The van der Waals surface area contributed by atoms with Crippen LogP contribution in [0.2, 0.25) is 0 Å². The van der Waals surface area contributed by atoms with Gasteiger partial charge in [0.15, 0.2) is 0 Å². The normalized spacial score (nSPS) is 9.58. The third-order valence-electron chi connectivity index (χ3n) is 1.75. The summed E-state index contributed by atoms with van der Waals surface area (Å²) in [6, 6.07) is 11.3. The summed E-state index contributed by atoms with van der Waals surface area (Å²) in [7, 11) is 2.11. The van der Waals surface area contributed by atoms with Crippen molar-refractivity contribution in [3.05, 3.63) is 35.9 Å². The zero-order chi connectivity index (χ0) is 8.10. The van der Waals surface area contributed by atoms with Crippen molar-refractivity contribution in [2.24, 2.45) is 0 Å². The molecule has 0 heterocycles. The fourth-order valence-electron chi connectivity index (χ4n) is 0.931. The fourth-order valence-corrected chi connectivity index (χ4v) is 0.931. The van der Waals surface area contributed by atoms with Crippen molar-refractivity contribution in [1.29, 1.82) is 0 Å². The number of nitrogens with zero attached hydrogens (tertiary/aromatic N) is 1. The summed E-state index contributed by atoms with van der Waals surface area (Å²) in [5, 5.41) is 0. The maximum atomic E-state index is 3.19. The summed E-state index contributed by atoms with van der Waals surface area (Å²) < 4.78 is 0. The minimum Gasteiger partial charge on any atom is -0.304 e. The van der Waals surface area contributed by atoms with E-state index in [-0.39, 0.29) is 18.9 Å². The Balaban J connectivity index is 0.00000121. The van der Waals surface area contributed by atoms with Gasteiger partial charge in [-0.1, -0.05) is 6.92 Å². The van der Waals surface area contributed by atoms with Crippen LogP contribution in [0.5, 0.6) is 0 Å². The van der Waals surface area contributed by atoms with Gasteiger partial charge in [-0.15, -0.1) is 5.56 Å². The molecule has 0 fully saturated rings. The molecule has 0 aromatic heterocycles. The van der Waals surface area contributed by atoms with Crippen molar-refractivity contribution in [3.8, 4) is 0 Å². The maximum absolute atomic E-state index is 3.19. The van der Waals surface area contributed by atoms with Gasteiger partial charge in [-0.25, -0.2) is 0 Å². The predicted molar refractivity (Wildman–Crippen MR) is 47.3 cm³/mol. The van der Waals surface area contributed by atoms with Gasteiger partial charge < -0.3 is 4.90 Å². The molecule has 1 rings (SSSR count). The number of rotatable bonds is 3. The first-order valence-electron chi connectivity index (χ1n) is 3.97. The van der Waals surface area contributed by atoms with E-state index < -0.39 is 0 Å². The van der Waals surface area contributed by atoms with Crippen molar-refractivity contribution < 1.29 is 18.9 Å². The molecule has 0 spiro atoms. The van der Waals surface area contributed by atoms with Gasteiger partial charge in [0.1, 0.15) is 0 Å². The molecule has 0 amide bonds. The number of hydrogen-bond donors (Lipinski definition) is 0. The van der Waals surface area contributed by atoms with Gasteiger partial charge in [0.2, 0.25) is 0 Å². The Bertz CT molecular complexity index is 198. The largest absolute Gasteiger partial charge is 1.00 e. The first kappa shape index (κ1) is 11.8. The molecule has 0 atom stereocenters. The molecule has 0 unspecified atom stereocenters. The van der Waals surface area contributed by atoms with E-state index in [0.717, 1.165) is 13.1 Å². The molecular weight excluding hydrogens is 141 g/mol.